The molecule has 0 bridgehead atoms. The van der Waals surface area contributed by atoms with E-state index in [4.69, 9.17) is 0 Å². The number of nitrogens with zero attached hydrogens (tertiary/aromatic N) is 1. The van der Waals surface area contributed by atoms with Crippen molar-refractivity contribution in [2.75, 3.05) is 11.9 Å². The number of hydrogen-bond acceptors (Lipinski definition) is 3. The molecule has 1 aliphatic rings. The maximum atomic E-state index is 12.5. The third-order valence-electron chi connectivity index (χ3n) is 4.18. The third-order valence-corrected chi connectivity index (χ3v) is 4.18. The number of hydrogen-bond donors (Lipinski definition) is 2. The lowest BCUT2D eigenvalue weighted by molar-refractivity contribution is -0.131. The summed E-state index contributed by atoms with van der Waals surface area (Å²) in [6.45, 7) is 1.90. The van der Waals surface area contributed by atoms with E-state index in [9.17, 15) is 9.59 Å². The number of carbonyl (C=O) groups is 2. The van der Waals surface area contributed by atoms with Gasteiger partial charge in [-0.15, -0.1) is 0 Å². The molecule has 0 saturated heterocycles. The SMILES string of the molecule is CC1(C(=O)NCC(=O)Nc2cccnc2)Cc2ccccc2C1. The van der Waals surface area contributed by atoms with E-state index in [1.165, 1.54) is 11.1 Å². The number of benzene rings is 1. The van der Waals surface area contributed by atoms with Crippen molar-refractivity contribution in [3.8, 4) is 0 Å². The van der Waals surface area contributed by atoms with Gasteiger partial charge < -0.3 is 10.6 Å². The molecule has 2 amide bonds. The van der Waals surface area contributed by atoms with E-state index in [-0.39, 0.29) is 18.4 Å². The largest absolute Gasteiger partial charge is 0.347 e. The number of rotatable bonds is 4. The summed E-state index contributed by atoms with van der Waals surface area (Å²) >= 11 is 0. The number of amides is 2. The van der Waals surface area contributed by atoms with Gasteiger partial charge in [0.2, 0.25) is 11.8 Å². The molecule has 1 heterocycles. The van der Waals surface area contributed by atoms with Gasteiger partial charge in [0.15, 0.2) is 0 Å². The first-order valence-corrected chi connectivity index (χ1v) is 7.62. The number of aromatic nitrogens is 1. The first kappa shape index (κ1) is 15.2. The Morgan fingerprint density at radius 1 is 1.13 bits per heavy atom. The van der Waals surface area contributed by atoms with Crippen molar-refractivity contribution >= 4 is 17.5 Å². The Balaban J connectivity index is 1.55. The molecule has 0 radical (unpaired) electrons. The fraction of sp³-hybridized carbons (Fsp3) is 0.278. The lowest BCUT2D eigenvalue weighted by Crippen LogP contribution is -2.43. The molecule has 5 nitrogen and oxygen atoms in total. The van der Waals surface area contributed by atoms with Crippen molar-refractivity contribution in [3.05, 3.63) is 59.9 Å². The minimum atomic E-state index is -0.488. The summed E-state index contributed by atoms with van der Waals surface area (Å²) in [6.07, 6.45) is 4.61. The molecule has 2 aromatic rings. The van der Waals surface area contributed by atoms with Crippen LogP contribution in [0.5, 0.6) is 0 Å². The van der Waals surface area contributed by atoms with Crippen LogP contribution in [0.2, 0.25) is 0 Å². The van der Waals surface area contributed by atoms with Gasteiger partial charge in [-0.1, -0.05) is 31.2 Å². The molecule has 3 rings (SSSR count). The lowest BCUT2D eigenvalue weighted by Gasteiger charge is -2.22. The molecule has 118 valence electrons. The minimum absolute atomic E-state index is 0.0420. The summed E-state index contributed by atoms with van der Waals surface area (Å²) in [5, 5.41) is 5.45. The molecule has 1 aromatic heterocycles. The summed E-state index contributed by atoms with van der Waals surface area (Å²) in [5.74, 6) is -0.347. The molecule has 0 spiro atoms. The molecule has 0 fully saturated rings. The maximum Gasteiger partial charge on any atom is 0.243 e. The first-order chi connectivity index (χ1) is 11.1. The molecule has 0 atom stereocenters. The molecule has 1 aromatic carbocycles. The van der Waals surface area contributed by atoms with Gasteiger partial charge in [0.25, 0.3) is 0 Å². The van der Waals surface area contributed by atoms with E-state index in [1.54, 1.807) is 24.5 Å². The Bertz CT molecular complexity index is 703. The molecular weight excluding hydrogens is 290 g/mol. The zero-order valence-electron chi connectivity index (χ0n) is 13.0. The second kappa shape index (κ2) is 6.20. The summed E-state index contributed by atoms with van der Waals surface area (Å²) in [6, 6.07) is 11.6. The van der Waals surface area contributed by atoms with Crippen molar-refractivity contribution in [2.45, 2.75) is 19.8 Å². The average molecular weight is 309 g/mol. The number of fused-ring (bicyclic) bond motifs is 1. The van der Waals surface area contributed by atoms with Gasteiger partial charge in [0.05, 0.1) is 23.8 Å². The minimum Gasteiger partial charge on any atom is -0.347 e. The van der Waals surface area contributed by atoms with Gasteiger partial charge in [-0.2, -0.15) is 0 Å². The van der Waals surface area contributed by atoms with E-state index in [0.29, 0.717) is 18.5 Å². The molecule has 0 unspecified atom stereocenters. The van der Waals surface area contributed by atoms with Gasteiger partial charge in [-0.3, -0.25) is 14.6 Å². The highest BCUT2D eigenvalue weighted by molar-refractivity contribution is 5.95. The molecular formula is C18H19N3O2. The molecule has 2 N–H and O–H groups in total. The smallest absolute Gasteiger partial charge is 0.243 e. The molecule has 0 saturated carbocycles. The summed E-state index contributed by atoms with van der Waals surface area (Å²) in [5.41, 5.74) is 2.55. The monoisotopic (exact) mass is 309 g/mol. The molecule has 1 aliphatic carbocycles. The van der Waals surface area contributed by atoms with E-state index >= 15 is 0 Å². The summed E-state index contributed by atoms with van der Waals surface area (Å²) in [7, 11) is 0. The van der Waals surface area contributed by atoms with Crippen molar-refractivity contribution in [3.63, 3.8) is 0 Å². The second-order valence-electron chi connectivity index (χ2n) is 6.16. The van der Waals surface area contributed by atoms with E-state index in [2.05, 4.69) is 27.8 Å². The zero-order chi connectivity index (χ0) is 16.3. The van der Waals surface area contributed by atoms with Crippen LogP contribution in [0.3, 0.4) is 0 Å². The second-order valence-corrected chi connectivity index (χ2v) is 6.16. The van der Waals surface area contributed by atoms with Crippen molar-refractivity contribution in [1.82, 2.24) is 10.3 Å². The predicted octanol–water partition coefficient (Wildman–Crippen LogP) is 1.94. The molecule has 5 heteroatoms. The number of carbonyl (C=O) groups excluding carboxylic acids is 2. The van der Waals surface area contributed by atoms with Crippen LogP contribution in [0.1, 0.15) is 18.1 Å². The normalized spacial score (nSPS) is 14.8. The molecule has 23 heavy (non-hydrogen) atoms. The van der Waals surface area contributed by atoms with Crippen LogP contribution in [-0.4, -0.2) is 23.3 Å². The first-order valence-electron chi connectivity index (χ1n) is 7.62. The summed E-state index contributed by atoms with van der Waals surface area (Å²) in [4.78, 5) is 28.3. The van der Waals surface area contributed by atoms with E-state index in [1.807, 2.05) is 19.1 Å². The highest BCUT2D eigenvalue weighted by atomic mass is 16.2. The topological polar surface area (TPSA) is 71.1 Å². The Hall–Kier alpha value is -2.69. The van der Waals surface area contributed by atoms with Gasteiger partial charge in [0.1, 0.15) is 0 Å². The van der Waals surface area contributed by atoms with Crippen molar-refractivity contribution in [1.29, 1.82) is 0 Å². The van der Waals surface area contributed by atoms with Crippen LogP contribution in [-0.2, 0) is 22.4 Å². The highest BCUT2D eigenvalue weighted by Crippen LogP contribution is 2.36. The van der Waals surface area contributed by atoms with Crippen LogP contribution in [0.25, 0.3) is 0 Å². The predicted molar refractivity (Wildman–Crippen MR) is 87.8 cm³/mol. The van der Waals surface area contributed by atoms with Gasteiger partial charge in [-0.25, -0.2) is 0 Å². The van der Waals surface area contributed by atoms with Crippen molar-refractivity contribution in [2.24, 2.45) is 5.41 Å². The highest BCUT2D eigenvalue weighted by Gasteiger charge is 2.39. The quantitative estimate of drug-likeness (QED) is 0.906. The Kier molecular flexibility index (Phi) is 4.10. The van der Waals surface area contributed by atoms with Crippen LogP contribution >= 0.6 is 0 Å². The van der Waals surface area contributed by atoms with E-state index in [0.717, 1.165) is 0 Å². The fourth-order valence-electron chi connectivity index (χ4n) is 2.98. The van der Waals surface area contributed by atoms with Crippen LogP contribution < -0.4 is 10.6 Å². The Morgan fingerprint density at radius 3 is 2.43 bits per heavy atom. The Labute approximate surface area is 135 Å². The molecule has 0 aliphatic heterocycles. The third kappa shape index (κ3) is 3.39. The fourth-order valence-corrected chi connectivity index (χ4v) is 2.98. The van der Waals surface area contributed by atoms with Crippen molar-refractivity contribution < 1.29 is 9.59 Å². The van der Waals surface area contributed by atoms with Gasteiger partial charge in [0, 0.05) is 6.20 Å². The van der Waals surface area contributed by atoms with Gasteiger partial charge in [-0.05, 0) is 36.1 Å². The lowest BCUT2D eigenvalue weighted by atomic mass is 9.86. The summed E-state index contributed by atoms with van der Waals surface area (Å²) < 4.78 is 0. The van der Waals surface area contributed by atoms with Gasteiger partial charge >= 0.3 is 0 Å². The standard InChI is InChI=1S/C18H19N3O2/c1-18(9-13-5-2-3-6-14(13)10-18)17(23)20-12-16(22)21-15-7-4-8-19-11-15/h2-8,11H,9-10,12H2,1H3,(H,20,23)(H,21,22). The number of nitrogens with one attached hydrogen (secondary N) is 2. The number of pyridine rings is 1. The average Bonchev–Trinajstić information content (AvgIpc) is 2.91. The van der Waals surface area contributed by atoms with Crippen LogP contribution in [0.4, 0.5) is 5.69 Å². The maximum absolute atomic E-state index is 12.5. The van der Waals surface area contributed by atoms with Crippen LogP contribution in [0, 0.1) is 5.41 Å². The zero-order valence-corrected chi connectivity index (χ0v) is 13.0. The van der Waals surface area contributed by atoms with Crippen LogP contribution in [0.15, 0.2) is 48.8 Å². The van der Waals surface area contributed by atoms with E-state index < -0.39 is 5.41 Å². The number of anilines is 1. The Morgan fingerprint density at radius 2 is 1.83 bits per heavy atom.